The molecule has 1 aliphatic carbocycles. The number of hydrogen-bond donors (Lipinski definition) is 2. The highest BCUT2D eigenvalue weighted by atomic mass is 16.3. The van der Waals surface area contributed by atoms with Crippen molar-refractivity contribution in [1.82, 2.24) is 20.1 Å². The lowest BCUT2D eigenvalue weighted by Gasteiger charge is -2.42. The van der Waals surface area contributed by atoms with Gasteiger partial charge in [0.15, 0.2) is 5.82 Å². The topological polar surface area (TPSA) is 82.1 Å². The number of aliphatic hydroxyl groups is 1. The zero-order valence-corrected chi connectivity index (χ0v) is 15.5. The summed E-state index contributed by atoms with van der Waals surface area (Å²) in [5, 5.41) is 17.5. The van der Waals surface area contributed by atoms with E-state index in [9.17, 15) is 9.90 Å². The van der Waals surface area contributed by atoms with Gasteiger partial charge in [-0.3, -0.25) is 9.89 Å². The van der Waals surface area contributed by atoms with Crippen LogP contribution in [0.15, 0.2) is 54.9 Å². The van der Waals surface area contributed by atoms with Gasteiger partial charge in [-0.15, -0.1) is 0 Å². The van der Waals surface area contributed by atoms with Crippen molar-refractivity contribution in [2.24, 2.45) is 0 Å². The molecule has 2 N–H and O–H groups in total. The van der Waals surface area contributed by atoms with Gasteiger partial charge in [-0.25, -0.2) is 4.98 Å². The number of likely N-dealkylation sites (tertiary alicyclic amines) is 1. The number of aromatic nitrogens is 3. The molecule has 1 aromatic heterocycles. The highest BCUT2D eigenvalue weighted by Gasteiger charge is 2.48. The minimum atomic E-state index is -0.358. The normalized spacial score (nSPS) is 20.3. The molecular weight excluding hydrogens is 352 g/mol. The lowest BCUT2D eigenvalue weighted by molar-refractivity contribution is 0.0365. The molecule has 2 aliphatic rings. The van der Waals surface area contributed by atoms with E-state index in [-0.39, 0.29) is 17.4 Å². The Kier molecular flexibility index (Phi) is 4.02. The first-order valence-electron chi connectivity index (χ1n) is 9.69. The molecule has 5 rings (SSSR count). The Balaban J connectivity index is 1.31. The van der Waals surface area contributed by atoms with Crippen molar-refractivity contribution in [2.45, 2.75) is 30.8 Å². The first-order chi connectivity index (χ1) is 13.7. The third-order valence-corrected chi connectivity index (χ3v) is 6.37. The predicted molar refractivity (Wildman–Crippen MR) is 105 cm³/mol. The largest absolute Gasteiger partial charge is 0.392 e. The molecule has 142 valence electrons. The van der Waals surface area contributed by atoms with Crippen LogP contribution in [0.4, 0.5) is 0 Å². The first kappa shape index (κ1) is 17.1. The summed E-state index contributed by atoms with van der Waals surface area (Å²) in [6, 6.07) is 15.8. The highest BCUT2D eigenvalue weighted by molar-refractivity contribution is 5.94. The van der Waals surface area contributed by atoms with Crippen LogP contribution >= 0.6 is 0 Å². The molecule has 2 heterocycles. The summed E-state index contributed by atoms with van der Waals surface area (Å²) < 4.78 is 0. The Morgan fingerprint density at radius 1 is 1.11 bits per heavy atom. The number of carbonyl (C=O) groups is 1. The maximum Gasteiger partial charge on any atom is 0.253 e. The summed E-state index contributed by atoms with van der Waals surface area (Å²) in [4.78, 5) is 19.0. The summed E-state index contributed by atoms with van der Waals surface area (Å²) in [5.74, 6) is 0.729. The predicted octanol–water partition coefficient (Wildman–Crippen LogP) is 2.56. The van der Waals surface area contributed by atoms with Crippen LogP contribution in [0.5, 0.6) is 0 Å². The number of nitrogens with one attached hydrogen (secondary N) is 1. The van der Waals surface area contributed by atoms with Crippen LogP contribution in [0.1, 0.15) is 34.3 Å². The summed E-state index contributed by atoms with van der Waals surface area (Å²) in [6.07, 6.45) is 3.42. The number of H-pyrrole nitrogens is 1. The molecule has 2 aromatic carbocycles. The zero-order chi connectivity index (χ0) is 19.1. The van der Waals surface area contributed by atoms with Crippen molar-refractivity contribution in [2.75, 3.05) is 13.1 Å². The van der Waals surface area contributed by atoms with Crippen molar-refractivity contribution < 1.29 is 9.90 Å². The minimum absolute atomic E-state index is 0.0414. The average Bonchev–Trinajstić information content (AvgIpc) is 3.36. The molecule has 1 spiro atoms. The van der Waals surface area contributed by atoms with E-state index >= 15 is 0 Å². The van der Waals surface area contributed by atoms with E-state index in [1.54, 1.807) is 0 Å². The Morgan fingerprint density at radius 3 is 2.57 bits per heavy atom. The van der Waals surface area contributed by atoms with Gasteiger partial charge < -0.3 is 10.0 Å². The second-order valence-corrected chi connectivity index (χ2v) is 7.74. The number of amides is 1. The number of aromatic amines is 1. The number of hydrogen-bond acceptors (Lipinski definition) is 4. The molecule has 6 nitrogen and oxygen atoms in total. The standard InChI is InChI=1S/C22H22N4O2/c27-19-13-17-3-1-2-4-18(17)22(19)9-11-26(12-10-22)21(28)16-7-5-15(6-8-16)20-23-14-24-25-20/h1-8,14,19,27H,9-13H2,(H,23,24,25). The fourth-order valence-corrected chi connectivity index (χ4v) is 4.78. The summed E-state index contributed by atoms with van der Waals surface area (Å²) in [5.41, 5.74) is 3.89. The van der Waals surface area contributed by atoms with Gasteiger partial charge in [0, 0.05) is 29.6 Å². The number of nitrogens with zero attached hydrogens (tertiary/aromatic N) is 3. The van der Waals surface area contributed by atoms with E-state index in [0.29, 0.717) is 30.9 Å². The van der Waals surface area contributed by atoms with E-state index in [2.05, 4.69) is 27.3 Å². The van der Waals surface area contributed by atoms with Gasteiger partial charge in [-0.05, 0) is 42.5 Å². The molecule has 28 heavy (non-hydrogen) atoms. The number of piperidine rings is 1. The lowest BCUT2D eigenvalue weighted by atomic mass is 9.72. The fraction of sp³-hybridized carbons (Fsp3) is 0.318. The van der Waals surface area contributed by atoms with E-state index in [0.717, 1.165) is 18.4 Å². The Hall–Kier alpha value is -2.99. The third-order valence-electron chi connectivity index (χ3n) is 6.37. The minimum Gasteiger partial charge on any atom is -0.392 e. The second kappa shape index (κ2) is 6.56. The number of benzene rings is 2. The third kappa shape index (κ3) is 2.64. The van der Waals surface area contributed by atoms with Crippen molar-refractivity contribution in [3.05, 3.63) is 71.5 Å². The molecule has 0 radical (unpaired) electrons. The smallest absolute Gasteiger partial charge is 0.253 e. The van der Waals surface area contributed by atoms with Gasteiger partial charge in [0.2, 0.25) is 0 Å². The molecule has 3 aromatic rings. The van der Waals surface area contributed by atoms with Crippen LogP contribution in [-0.4, -0.2) is 50.3 Å². The maximum absolute atomic E-state index is 13.0. The fourth-order valence-electron chi connectivity index (χ4n) is 4.78. The van der Waals surface area contributed by atoms with Crippen molar-refractivity contribution in [1.29, 1.82) is 0 Å². The maximum atomic E-state index is 13.0. The molecule has 0 saturated carbocycles. The number of carbonyl (C=O) groups excluding carboxylic acids is 1. The number of aliphatic hydroxyl groups excluding tert-OH is 1. The SMILES string of the molecule is O=C(c1ccc(-c2ncn[nH]2)cc1)N1CCC2(CC1)c1ccccc1CC2O. The van der Waals surface area contributed by atoms with Crippen molar-refractivity contribution >= 4 is 5.91 Å². The van der Waals surface area contributed by atoms with E-state index < -0.39 is 0 Å². The quantitative estimate of drug-likeness (QED) is 0.722. The van der Waals surface area contributed by atoms with E-state index in [1.165, 1.54) is 17.5 Å². The van der Waals surface area contributed by atoms with Gasteiger partial charge in [0.05, 0.1) is 6.10 Å². The van der Waals surface area contributed by atoms with Crippen LogP contribution in [0.25, 0.3) is 11.4 Å². The van der Waals surface area contributed by atoms with Crippen molar-refractivity contribution in [3.8, 4) is 11.4 Å². The average molecular weight is 374 g/mol. The summed E-state index contributed by atoms with van der Waals surface area (Å²) >= 11 is 0. The Bertz CT molecular complexity index is 990. The van der Waals surface area contributed by atoms with E-state index in [4.69, 9.17) is 0 Å². The molecule has 6 heteroatoms. The Morgan fingerprint density at radius 2 is 1.86 bits per heavy atom. The molecule has 1 atom stereocenters. The van der Waals surface area contributed by atoms with Gasteiger partial charge in [-0.2, -0.15) is 5.10 Å². The van der Waals surface area contributed by atoms with Gasteiger partial charge in [-0.1, -0.05) is 36.4 Å². The molecule has 0 bridgehead atoms. The monoisotopic (exact) mass is 374 g/mol. The first-order valence-corrected chi connectivity index (χ1v) is 9.69. The second-order valence-electron chi connectivity index (χ2n) is 7.74. The molecule has 1 fully saturated rings. The van der Waals surface area contributed by atoms with Gasteiger partial charge in [0.1, 0.15) is 6.33 Å². The van der Waals surface area contributed by atoms with Gasteiger partial charge >= 0.3 is 0 Å². The van der Waals surface area contributed by atoms with Crippen LogP contribution in [0.3, 0.4) is 0 Å². The molecular formula is C22H22N4O2. The molecule has 1 unspecified atom stereocenters. The van der Waals surface area contributed by atoms with Crippen LogP contribution in [0.2, 0.25) is 0 Å². The number of rotatable bonds is 2. The van der Waals surface area contributed by atoms with Crippen molar-refractivity contribution in [3.63, 3.8) is 0 Å². The summed E-state index contributed by atoms with van der Waals surface area (Å²) in [7, 11) is 0. The van der Waals surface area contributed by atoms with Crippen LogP contribution < -0.4 is 0 Å². The zero-order valence-electron chi connectivity index (χ0n) is 15.5. The highest BCUT2D eigenvalue weighted by Crippen LogP contribution is 2.46. The molecule has 1 aliphatic heterocycles. The van der Waals surface area contributed by atoms with Gasteiger partial charge in [0.25, 0.3) is 5.91 Å². The Labute approximate surface area is 163 Å². The van der Waals surface area contributed by atoms with E-state index in [1.807, 2.05) is 41.3 Å². The van der Waals surface area contributed by atoms with Crippen LogP contribution in [-0.2, 0) is 11.8 Å². The number of fused-ring (bicyclic) bond motifs is 2. The summed E-state index contributed by atoms with van der Waals surface area (Å²) in [6.45, 7) is 1.32. The lowest BCUT2D eigenvalue weighted by Crippen LogP contribution is -2.49. The van der Waals surface area contributed by atoms with Crippen LogP contribution in [0, 0.1) is 0 Å². The molecule has 1 amide bonds. The molecule has 1 saturated heterocycles.